The van der Waals surface area contributed by atoms with E-state index >= 15 is 0 Å². The molecule has 0 amide bonds. The van der Waals surface area contributed by atoms with E-state index in [0.717, 1.165) is 37.6 Å². The molecule has 0 spiro atoms. The molecule has 1 fully saturated rings. The number of unbranched alkanes of at least 4 members (excludes halogenated alkanes) is 1. The molecule has 2 N–H and O–H groups in total. The lowest BCUT2D eigenvalue weighted by atomic mass is 10.2. The summed E-state index contributed by atoms with van der Waals surface area (Å²) in [6, 6.07) is 8.40. The van der Waals surface area contributed by atoms with Gasteiger partial charge in [0.25, 0.3) is 0 Å². The van der Waals surface area contributed by atoms with E-state index in [-0.39, 0.29) is 0 Å². The Bertz CT molecular complexity index is 383. The lowest BCUT2D eigenvalue weighted by Gasteiger charge is -2.22. The van der Waals surface area contributed by atoms with Gasteiger partial charge in [-0.05, 0) is 63.0 Å². The first-order chi connectivity index (χ1) is 9.79. The summed E-state index contributed by atoms with van der Waals surface area (Å²) in [4.78, 5) is 2.43. The Morgan fingerprint density at radius 3 is 2.80 bits per heavy atom. The van der Waals surface area contributed by atoms with Crippen molar-refractivity contribution >= 4 is 11.6 Å². The highest BCUT2D eigenvalue weighted by Crippen LogP contribution is 2.16. The number of aliphatic hydroxyl groups is 1. The van der Waals surface area contributed by atoms with Crippen LogP contribution in [-0.2, 0) is 6.54 Å². The van der Waals surface area contributed by atoms with Gasteiger partial charge in [-0.15, -0.1) is 0 Å². The second kappa shape index (κ2) is 8.63. The molecule has 1 heterocycles. The van der Waals surface area contributed by atoms with Crippen LogP contribution in [0.2, 0.25) is 5.02 Å². The average molecular weight is 297 g/mol. The van der Waals surface area contributed by atoms with E-state index in [9.17, 15) is 5.11 Å². The maximum Gasteiger partial charge on any atom is 0.0586 e. The molecule has 1 aliphatic rings. The molecule has 0 saturated carbocycles. The van der Waals surface area contributed by atoms with Crippen molar-refractivity contribution in [3.63, 3.8) is 0 Å². The summed E-state index contributed by atoms with van der Waals surface area (Å²) in [5.41, 5.74) is 1.27. The standard InChI is InChI=1S/C16H25ClN2O/c17-15-7-5-14(6-8-15)12-18-9-1-2-10-19-11-3-4-16(19)13-20/h5-8,16,18,20H,1-4,9-13H2. The number of benzene rings is 1. The van der Waals surface area contributed by atoms with Gasteiger partial charge in [0.15, 0.2) is 0 Å². The van der Waals surface area contributed by atoms with Gasteiger partial charge in [0.1, 0.15) is 0 Å². The van der Waals surface area contributed by atoms with E-state index in [1.807, 2.05) is 12.1 Å². The minimum absolute atomic E-state index is 0.314. The van der Waals surface area contributed by atoms with Crippen LogP contribution in [-0.4, -0.2) is 42.3 Å². The molecule has 1 unspecified atom stereocenters. The number of hydrogen-bond acceptors (Lipinski definition) is 3. The third-order valence-electron chi connectivity index (χ3n) is 4.00. The van der Waals surface area contributed by atoms with Crippen LogP contribution >= 0.6 is 11.6 Å². The maximum absolute atomic E-state index is 9.26. The van der Waals surface area contributed by atoms with Gasteiger partial charge in [-0.3, -0.25) is 4.90 Å². The van der Waals surface area contributed by atoms with Crippen LogP contribution in [0.15, 0.2) is 24.3 Å². The molecule has 1 aromatic rings. The Hall–Kier alpha value is -0.610. The molecule has 0 aromatic heterocycles. The van der Waals surface area contributed by atoms with E-state index in [4.69, 9.17) is 11.6 Å². The lowest BCUT2D eigenvalue weighted by molar-refractivity contribution is 0.157. The van der Waals surface area contributed by atoms with Gasteiger partial charge in [0.05, 0.1) is 6.61 Å². The number of aliphatic hydroxyl groups excluding tert-OH is 1. The number of likely N-dealkylation sites (tertiary alicyclic amines) is 1. The zero-order valence-electron chi connectivity index (χ0n) is 12.0. The second-order valence-corrected chi connectivity index (χ2v) is 5.96. The Balaban J connectivity index is 1.52. The molecule has 4 heteroatoms. The van der Waals surface area contributed by atoms with Crippen LogP contribution in [0, 0.1) is 0 Å². The fourth-order valence-electron chi connectivity index (χ4n) is 2.80. The molecule has 0 radical (unpaired) electrons. The average Bonchev–Trinajstić information content (AvgIpc) is 2.92. The largest absolute Gasteiger partial charge is 0.395 e. The first-order valence-electron chi connectivity index (χ1n) is 7.59. The van der Waals surface area contributed by atoms with Gasteiger partial charge in [0, 0.05) is 17.6 Å². The summed E-state index contributed by atoms with van der Waals surface area (Å²) < 4.78 is 0. The van der Waals surface area contributed by atoms with Crippen LogP contribution in [0.4, 0.5) is 0 Å². The zero-order chi connectivity index (χ0) is 14.2. The first-order valence-corrected chi connectivity index (χ1v) is 7.97. The van der Waals surface area contributed by atoms with Gasteiger partial charge in [0.2, 0.25) is 0 Å². The highest BCUT2D eigenvalue weighted by atomic mass is 35.5. The number of halogens is 1. The van der Waals surface area contributed by atoms with Crippen molar-refractivity contribution in [2.75, 3.05) is 26.2 Å². The summed E-state index contributed by atoms with van der Waals surface area (Å²) >= 11 is 5.86. The Morgan fingerprint density at radius 1 is 1.25 bits per heavy atom. The van der Waals surface area contributed by atoms with Crippen LogP contribution in [0.3, 0.4) is 0 Å². The molecule has 1 aromatic carbocycles. The van der Waals surface area contributed by atoms with Crippen LogP contribution in [0.5, 0.6) is 0 Å². The minimum Gasteiger partial charge on any atom is -0.395 e. The Labute approximate surface area is 126 Å². The quantitative estimate of drug-likeness (QED) is 0.724. The van der Waals surface area contributed by atoms with E-state index < -0.39 is 0 Å². The van der Waals surface area contributed by atoms with Crippen molar-refractivity contribution in [3.8, 4) is 0 Å². The molecule has 3 nitrogen and oxygen atoms in total. The molecule has 112 valence electrons. The highest BCUT2D eigenvalue weighted by molar-refractivity contribution is 6.30. The highest BCUT2D eigenvalue weighted by Gasteiger charge is 2.22. The minimum atomic E-state index is 0.314. The summed E-state index contributed by atoms with van der Waals surface area (Å²) in [5, 5.41) is 13.5. The normalized spacial score (nSPS) is 19.6. The maximum atomic E-state index is 9.26. The number of nitrogens with zero attached hydrogens (tertiary/aromatic N) is 1. The Morgan fingerprint density at radius 2 is 2.05 bits per heavy atom. The van der Waals surface area contributed by atoms with E-state index in [0.29, 0.717) is 12.6 Å². The second-order valence-electron chi connectivity index (χ2n) is 5.52. The summed E-state index contributed by atoms with van der Waals surface area (Å²) in [6.45, 7) is 4.53. The van der Waals surface area contributed by atoms with Crippen molar-refractivity contribution in [1.29, 1.82) is 0 Å². The molecule has 1 aliphatic heterocycles. The molecule has 1 atom stereocenters. The van der Waals surface area contributed by atoms with Crippen molar-refractivity contribution in [2.24, 2.45) is 0 Å². The lowest BCUT2D eigenvalue weighted by Crippen LogP contribution is -2.33. The molecular weight excluding hydrogens is 272 g/mol. The van der Waals surface area contributed by atoms with Gasteiger partial charge in [-0.25, -0.2) is 0 Å². The van der Waals surface area contributed by atoms with E-state index in [2.05, 4.69) is 22.3 Å². The SMILES string of the molecule is OCC1CCCN1CCCCNCc1ccc(Cl)cc1. The smallest absolute Gasteiger partial charge is 0.0586 e. The molecule has 1 saturated heterocycles. The monoisotopic (exact) mass is 296 g/mol. The summed E-state index contributed by atoms with van der Waals surface area (Å²) in [6.07, 6.45) is 4.78. The number of rotatable bonds is 8. The predicted octanol–water partition coefficient (Wildman–Crippen LogP) is 2.67. The van der Waals surface area contributed by atoms with Crippen LogP contribution in [0.1, 0.15) is 31.2 Å². The van der Waals surface area contributed by atoms with Gasteiger partial charge >= 0.3 is 0 Å². The van der Waals surface area contributed by atoms with Crippen molar-refractivity contribution in [2.45, 2.75) is 38.3 Å². The third kappa shape index (κ3) is 5.06. The Kier molecular flexibility index (Phi) is 6.80. The van der Waals surface area contributed by atoms with E-state index in [1.54, 1.807) is 0 Å². The third-order valence-corrected chi connectivity index (χ3v) is 4.25. The molecule has 20 heavy (non-hydrogen) atoms. The fourth-order valence-corrected chi connectivity index (χ4v) is 2.92. The molecular formula is C16H25ClN2O. The van der Waals surface area contributed by atoms with Crippen molar-refractivity contribution in [3.05, 3.63) is 34.9 Å². The fraction of sp³-hybridized carbons (Fsp3) is 0.625. The van der Waals surface area contributed by atoms with Crippen molar-refractivity contribution < 1.29 is 5.11 Å². The zero-order valence-corrected chi connectivity index (χ0v) is 12.8. The van der Waals surface area contributed by atoms with Gasteiger partial charge in [-0.2, -0.15) is 0 Å². The van der Waals surface area contributed by atoms with E-state index in [1.165, 1.54) is 24.8 Å². The topological polar surface area (TPSA) is 35.5 Å². The molecule has 0 aliphatic carbocycles. The summed E-state index contributed by atoms with van der Waals surface area (Å²) in [5.74, 6) is 0. The number of nitrogens with one attached hydrogen (secondary N) is 1. The predicted molar refractivity (Wildman–Crippen MR) is 84.1 cm³/mol. The van der Waals surface area contributed by atoms with Crippen LogP contribution in [0.25, 0.3) is 0 Å². The number of hydrogen-bond donors (Lipinski definition) is 2. The van der Waals surface area contributed by atoms with Crippen LogP contribution < -0.4 is 5.32 Å². The first kappa shape index (κ1) is 15.8. The molecule has 2 rings (SSSR count). The summed E-state index contributed by atoms with van der Waals surface area (Å²) in [7, 11) is 0. The van der Waals surface area contributed by atoms with Crippen molar-refractivity contribution in [1.82, 2.24) is 10.2 Å². The van der Waals surface area contributed by atoms with Gasteiger partial charge in [-0.1, -0.05) is 23.7 Å². The molecule has 0 bridgehead atoms. The van der Waals surface area contributed by atoms with Gasteiger partial charge < -0.3 is 10.4 Å².